The van der Waals surface area contributed by atoms with E-state index in [9.17, 15) is 19.5 Å². The van der Waals surface area contributed by atoms with Gasteiger partial charge in [-0.2, -0.15) is 0 Å². The molecule has 0 atom stereocenters. The van der Waals surface area contributed by atoms with Crippen molar-refractivity contribution in [3.63, 3.8) is 0 Å². The van der Waals surface area contributed by atoms with Gasteiger partial charge in [-0.15, -0.1) is 0 Å². The van der Waals surface area contributed by atoms with Crippen molar-refractivity contribution >= 4 is 35.1 Å². The molecule has 1 aliphatic heterocycles. The van der Waals surface area contributed by atoms with Gasteiger partial charge >= 0.3 is 0 Å². The van der Waals surface area contributed by atoms with Gasteiger partial charge in [0.05, 0.1) is 11.7 Å². The first-order valence-corrected chi connectivity index (χ1v) is 9.03. The lowest BCUT2D eigenvalue weighted by atomic mass is 9.91. The molecule has 0 aromatic heterocycles. The first-order valence-electron chi connectivity index (χ1n) is 9.03. The first kappa shape index (κ1) is 18.4. The predicted molar refractivity (Wildman–Crippen MR) is 108 cm³/mol. The molecule has 0 aliphatic carbocycles. The minimum absolute atomic E-state index is 0.0547. The highest BCUT2D eigenvalue weighted by Crippen LogP contribution is 2.33. The van der Waals surface area contributed by atoms with Gasteiger partial charge in [0.25, 0.3) is 11.8 Å². The molecule has 5 nitrogen and oxygen atoms in total. The Bertz CT molecular complexity index is 1180. The number of amides is 2. The number of carbonyl (C=O) groups excluding carboxylic acids is 3. The Morgan fingerprint density at radius 2 is 1.55 bits per heavy atom. The van der Waals surface area contributed by atoms with E-state index in [4.69, 9.17) is 0 Å². The van der Waals surface area contributed by atoms with E-state index >= 15 is 0 Å². The van der Waals surface area contributed by atoms with Gasteiger partial charge < -0.3 is 9.90 Å². The maximum Gasteiger partial charge on any atom is 0.265 e. The maximum absolute atomic E-state index is 13.3. The molecule has 0 saturated carbocycles. The number of anilines is 1. The summed E-state index contributed by atoms with van der Waals surface area (Å²) >= 11 is 0. The zero-order valence-corrected chi connectivity index (χ0v) is 15.6. The number of hydrogen-bond donors (Lipinski definition) is 0. The SMILES string of the molecule is Cc1cccc(N2C(=O)/C(=C\c3ccc(C(=O)[O-])cc3)c3ccccc3C2=O)c1. The third-order valence-electron chi connectivity index (χ3n) is 4.80. The summed E-state index contributed by atoms with van der Waals surface area (Å²) in [6.45, 7) is 1.89. The molecule has 0 N–H and O–H groups in total. The molecule has 0 spiro atoms. The van der Waals surface area contributed by atoms with Crippen molar-refractivity contribution in [2.75, 3.05) is 4.90 Å². The lowest BCUT2D eigenvalue weighted by molar-refractivity contribution is -0.255. The standard InChI is InChI=1S/C24H17NO4/c1-15-5-4-6-18(13-15)25-22(26)20-8-3-2-7-19(20)21(23(25)27)14-16-9-11-17(12-10-16)24(28)29/h2-14H,1H3,(H,28,29)/p-1/b21-14-. The molecule has 0 radical (unpaired) electrons. The van der Waals surface area contributed by atoms with Gasteiger partial charge in [-0.05, 0) is 53.5 Å². The van der Waals surface area contributed by atoms with E-state index in [2.05, 4.69) is 0 Å². The summed E-state index contributed by atoms with van der Waals surface area (Å²) in [5.41, 5.74) is 3.49. The molecule has 3 aromatic carbocycles. The summed E-state index contributed by atoms with van der Waals surface area (Å²) in [5.74, 6) is -2.07. The molecule has 1 aliphatic rings. The Balaban J connectivity index is 1.86. The fourth-order valence-electron chi connectivity index (χ4n) is 3.38. The molecular formula is C24H16NO4-. The Hall–Kier alpha value is -3.99. The summed E-state index contributed by atoms with van der Waals surface area (Å²) < 4.78 is 0. The van der Waals surface area contributed by atoms with E-state index in [0.29, 0.717) is 28.0 Å². The number of aromatic carboxylic acids is 1. The van der Waals surface area contributed by atoms with E-state index < -0.39 is 11.9 Å². The van der Waals surface area contributed by atoms with Crippen LogP contribution in [0.1, 0.15) is 37.4 Å². The van der Waals surface area contributed by atoms with Crippen LogP contribution >= 0.6 is 0 Å². The molecule has 0 saturated heterocycles. The topological polar surface area (TPSA) is 77.5 Å². The third kappa shape index (κ3) is 3.34. The van der Waals surface area contributed by atoms with Gasteiger partial charge in [-0.1, -0.05) is 54.6 Å². The Labute approximate surface area is 167 Å². The second kappa shape index (κ2) is 7.20. The first-order chi connectivity index (χ1) is 14.0. The minimum Gasteiger partial charge on any atom is -0.545 e. The normalized spacial score (nSPS) is 14.8. The highest BCUT2D eigenvalue weighted by atomic mass is 16.4. The van der Waals surface area contributed by atoms with Crippen LogP contribution in [-0.4, -0.2) is 17.8 Å². The van der Waals surface area contributed by atoms with Gasteiger partial charge in [-0.25, -0.2) is 4.90 Å². The summed E-state index contributed by atoms with van der Waals surface area (Å²) in [6.07, 6.45) is 1.66. The van der Waals surface area contributed by atoms with Crippen LogP contribution in [0.3, 0.4) is 0 Å². The van der Waals surface area contributed by atoms with E-state index in [1.807, 2.05) is 13.0 Å². The number of carboxylic acids is 1. The Kier molecular flexibility index (Phi) is 4.56. The Morgan fingerprint density at radius 1 is 0.862 bits per heavy atom. The van der Waals surface area contributed by atoms with Crippen LogP contribution in [0.5, 0.6) is 0 Å². The minimum atomic E-state index is -1.26. The van der Waals surface area contributed by atoms with Gasteiger partial charge in [0.2, 0.25) is 0 Å². The second-order valence-electron chi connectivity index (χ2n) is 6.80. The van der Waals surface area contributed by atoms with E-state index in [1.165, 1.54) is 17.0 Å². The smallest absolute Gasteiger partial charge is 0.265 e. The van der Waals surface area contributed by atoms with Crippen LogP contribution in [0, 0.1) is 6.92 Å². The highest BCUT2D eigenvalue weighted by Gasteiger charge is 2.35. The van der Waals surface area contributed by atoms with E-state index in [-0.39, 0.29) is 11.5 Å². The molecule has 0 unspecified atom stereocenters. The fourth-order valence-corrected chi connectivity index (χ4v) is 3.38. The lowest BCUT2D eigenvalue weighted by Crippen LogP contribution is -2.41. The van der Waals surface area contributed by atoms with Crippen molar-refractivity contribution < 1.29 is 19.5 Å². The fraction of sp³-hybridized carbons (Fsp3) is 0.0417. The lowest BCUT2D eigenvalue weighted by Gasteiger charge is -2.29. The molecule has 0 fully saturated rings. The molecule has 0 bridgehead atoms. The number of imide groups is 1. The highest BCUT2D eigenvalue weighted by molar-refractivity contribution is 6.43. The Morgan fingerprint density at radius 3 is 2.21 bits per heavy atom. The van der Waals surface area contributed by atoms with E-state index in [0.717, 1.165) is 5.56 Å². The zero-order chi connectivity index (χ0) is 20.5. The summed E-state index contributed by atoms with van der Waals surface area (Å²) in [5, 5.41) is 11.0. The predicted octanol–water partition coefficient (Wildman–Crippen LogP) is 3.09. The third-order valence-corrected chi connectivity index (χ3v) is 4.80. The number of benzene rings is 3. The quantitative estimate of drug-likeness (QED) is 0.515. The van der Waals surface area contributed by atoms with Gasteiger partial charge in [0, 0.05) is 11.1 Å². The van der Waals surface area contributed by atoms with Crippen LogP contribution in [0.4, 0.5) is 5.69 Å². The van der Waals surface area contributed by atoms with Crippen molar-refractivity contribution in [3.05, 3.63) is 101 Å². The second-order valence-corrected chi connectivity index (χ2v) is 6.80. The molecule has 2 amide bonds. The van der Waals surface area contributed by atoms with Gasteiger partial charge in [0.1, 0.15) is 0 Å². The van der Waals surface area contributed by atoms with E-state index in [1.54, 1.807) is 60.7 Å². The number of nitrogens with zero attached hydrogens (tertiary/aromatic N) is 1. The molecule has 29 heavy (non-hydrogen) atoms. The maximum atomic E-state index is 13.3. The molecular weight excluding hydrogens is 366 g/mol. The monoisotopic (exact) mass is 382 g/mol. The summed E-state index contributed by atoms with van der Waals surface area (Å²) in [7, 11) is 0. The number of hydrogen-bond acceptors (Lipinski definition) is 4. The molecule has 142 valence electrons. The van der Waals surface area contributed by atoms with Crippen molar-refractivity contribution in [3.8, 4) is 0 Å². The molecule has 4 rings (SSSR count). The van der Waals surface area contributed by atoms with Crippen LogP contribution in [-0.2, 0) is 4.79 Å². The number of rotatable bonds is 3. The van der Waals surface area contributed by atoms with Crippen LogP contribution in [0.15, 0.2) is 72.8 Å². The number of carbonyl (C=O) groups is 3. The largest absolute Gasteiger partial charge is 0.545 e. The zero-order valence-electron chi connectivity index (χ0n) is 15.6. The summed E-state index contributed by atoms with van der Waals surface area (Å²) in [6, 6.07) is 20.2. The molecule has 3 aromatic rings. The number of aryl methyl sites for hydroxylation is 1. The van der Waals surface area contributed by atoms with Crippen molar-refractivity contribution in [1.29, 1.82) is 0 Å². The van der Waals surface area contributed by atoms with Crippen LogP contribution in [0.25, 0.3) is 11.6 Å². The van der Waals surface area contributed by atoms with Gasteiger partial charge in [0.15, 0.2) is 0 Å². The van der Waals surface area contributed by atoms with Crippen molar-refractivity contribution in [2.45, 2.75) is 6.92 Å². The van der Waals surface area contributed by atoms with Crippen LogP contribution in [0.2, 0.25) is 0 Å². The molecule has 1 heterocycles. The molecule has 5 heteroatoms. The van der Waals surface area contributed by atoms with Gasteiger partial charge in [-0.3, -0.25) is 9.59 Å². The number of carboxylic acid groups (broad SMARTS) is 1. The number of fused-ring (bicyclic) bond motifs is 1. The average molecular weight is 382 g/mol. The average Bonchev–Trinajstić information content (AvgIpc) is 2.72. The summed E-state index contributed by atoms with van der Waals surface area (Å²) in [4.78, 5) is 38.5. The van der Waals surface area contributed by atoms with Crippen molar-refractivity contribution in [1.82, 2.24) is 0 Å². The van der Waals surface area contributed by atoms with Crippen molar-refractivity contribution in [2.24, 2.45) is 0 Å². The van der Waals surface area contributed by atoms with Crippen LogP contribution < -0.4 is 10.0 Å².